The van der Waals surface area contributed by atoms with Gasteiger partial charge in [-0.05, 0) is 37.6 Å². The van der Waals surface area contributed by atoms with Crippen LogP contribution in [0.4, 0.5) is 4.39 Å². The molecule has 0 heterocycles. The minimum Gasteiger partial charge on any atom is -0.496 e. The summed E-state index contributed by atoms with van der Waals surface area (Å²) in [5.41, 5.74) is 6.36. The van der Waals surface area contributed by atoms with Crippen molar-refractivity contribution in [3.63, 3.8) is 0 Å². The van der Waals surface area contributed by atoms with Crippen LogP contribution in [-0.4, -0.2) is 25.6 Å². The molecule has 0 bridgehead atoms. The number of benzene rings is 1. The minimum absolute atomic E-state index is 0.0377. The zero-order chi connectivity index (χ0) is 13.8. The zero-order valence-corrected chi connectivity index (χ0v) is 11.0. The standard InChI is InChI=1S/C14H19FN2O2/c1-19-13-5-2-10(15)7-12(13)9(8-16)6-14(18)17-11-3-4-11/h2,5,7,9,11H,3-4,6,8,16H2,1H3,(H,17,18). The van der Waals surface area contributed by atoms with Gasteiger partial charge in [0.05, 0.1) is 7.11 Å². The van der Waals surface area contributed by atoms with Crippen molar-refractivity contribution < 1.29 is 13.9 Å². The van der Waals surface area contributed by atoms with Crippen LogP contribution in [0.1, 0.15) is 30.7 Å². The Kier molecular flexibility index (Phi) is 4.37. The normalized spacial score (nSPS) is 15.9. The molecule has 19 heavy (non-hydrogen) atoms. The van der Waals surface area contributed by atoms with Gasteiger partial charge in [0.25, 0.3) is 0 Å². The number of carbonyl (C=O) groups excluding carboxylic acids is 1. The van der Waals surface area contributed by atoms with Crippen LogP contribution in [0.2, 0.25) is 0 Å². The van der Waals surface area contributed by atoms with Crippen LogP contribution in [0.5, 0.6) is 5.75 Å². The van der Waals surface area contributed by atoms with Crippen LogP contribution < -0.4 is 15.8 Å². The number of amides is 1. The van der Waals surface area contributed by atoms with Gasteiger partial charge in [0.15, 0.2) is 0 Å². The summed E-state index contributed by atoms with van der Waals surface area (Å²) < 4.78 is 18.5. The van der Waals surface area contributed by atoms with Gasteiger partial charge in [0.2, 0.25) is 5.91 Å². The fourth-order valence-corrected chi connectivity index (χ4v) is 2.08. The van der Waals surface area contributed by atoms with Crippen molar-refractivity contribution in [3.8, 4) is 5.75 Å². The van der Waals surface area contributed by atoms with Crippen LogP contribution in [0.25, 0.3) is 0 Å². The van der Waals surface area contributed by atoms with Crippen molar-refractivity contribution in [2.24, 2.45) is 5.73 Å². The van der Waals surface area contributed by atoms with E-state index in [1.165, 1.54) is 19.2 Å². The molecule has 5 heteroatoms. The number of methoxy groups -OCH3 is 1. The second kappa shape index (κ2) is 6.02. The molecule has 0 aromatic heterocycles. The smallest absolute Gasteiger partial charge is 0.220 e. The van der Waals surface area contributed by atoms with Gasteiger partial charge in [-0.25, -0.2) is 4.39 Å². The molecule has 1 aliphatic carbocycles. The molecule has 2 rings (SSSR count). The number of nitrogens with two attached hydrogens (primary N) is 1. The lowest BCUT2D eigenvalue weighted by atomic mass is 9.94. The van der Waals surface area contributed by atoms with Gasteiger partial charge in [-0.1, -0.05) is 0 Å². The van der Waals surface area contributed by atoms with E-state index < -0.39 is 0 Å². The average Bonchev–Trinajstić information content (AvgIpc) is 3.19. The Balaban J connectivity index is 2.10. The van der Waals surface area contributed by atoms with Crippen LogP contribution in [0.3, 0.4) is 0 Å². The first-order valence-electron chi connectivity index (χ1n) is 6.47. The van der Waals surface area contributed by atoms with E-state index in [0.29, 0.717) is 17.4 Å². The Bertz CT molecular complexity index is 461. The van der Waals surface area contributed by atoms with E-state index >= 15 is 0 Å². The Morgan fingerprint density at radius 2 is 2.32 bits per heavy atom. The van der Waals surface area contributed by atoms with Crippen molar-refractivity contribution in [2.45, 2.75) is 31.2 Å². The van der Waals surface area contributed by atoms with Crippen molar-refractivity contribution in [3.05, 3.63) is 29.6 Å². The predicted molar refractivity (Wildman–Crippen MR) is 70.5 cm³/mol. The Morgan fingerprint density at radius 1 is 1.58 bits per heavy atom. The minimum atomic E-state index is -0.350. The number of hydrogen-bond donors (Lipinski definition) is 2. The van der Waals surface area contributed by atoms with Crippen molar-refractivity contribution in [1.82, 2.24) is 5.32 Å². The molecule has 1 atom stereocenters. The molecule has 1 amide bonds. The predicted octanol–water partition coefficient (Wildman–Crippen LogP) is 1.55. The molecule has 3 N–H and O–H groups in total. The topological polar surface area (TPSA) is 64.3 Å². The van der Waals surface area contributed by atoms with E-state index in [9.17, 15) is 9.18 Å². The number of carbonyl (C=O) groups is 1. The van der Waals surface area contributed by atoms with Gasteiger partial charge in [0.1, 0.15) is 11.6 Å². The van der Waals surface area contributed by atoms with E-state index in [2.05, 4.69) is 5.32 Å². The number of ether oxygens (including phenoxy) is 1. The highest BCUT2D eigenvalue weighted by Crippen LogP contribution is 2.29. The fourth-order valence-electron chi connectivity index (χ4n) is 2.08. The molecule has 1 fully saturated rings. The van der Waals surface area contributed by atoms with Gasteiger partial charge >= 0.3 is 0 Å². The molecule has 1 aliphatic rings. The molecule has 0 spiro atoms. The number of nitrogens with one attached hydrogen (secondary N) is 1. The summed E-state index contributed by atoms with van der Waals surface area (Å²) in [5.74, 6) is -0.0541. The van der Waals surface area contributed by atoms with E-state index in [1.54, 1.807) is 6.07 Å². The lowest BCUT2D eigenvalue weighted by Crippen LogP contribution is -2.29. The average molecular weight is 266 g/mol. The number of hydrogen-bond acceptors (Lipinski definition) is 3. The molecular weight excluding hydrogens is 247 g/mol. The summed E-state index contributed by atoms with van der Waals surface area (Å²) in [6.45, 7) is 0.276. The third kappa shape index (κ3) is 3.67. The van der Waals surface area contributed by atoms with Crippen molar-refractivity contribution in [1.29, 1.82) is 0 Å². The molecule has 1 aromatic carbocycles. The van der Waals surface area contributed by atoms with Gasteiger partial charge < -0.3 is 15.8 Å². The molecule has 4 nitrogen and oxygen atoms in total. The zero-order valence-electron chi connectivity index (χ0n) is 11.0. The highest BCUT2D eigenvalue weighted by atomic mass is 19.1. The number of rotatable bonds is 6. The lowest BCUT2D eigenvalue weighted by Gasteiger charge is -2.18. The van der Waals surface area contributed by atoms with Crippen LogP contribution in [0, 0.1) is 5.82 Å². The maximum atomic E-state index is 13.3. The van der Waals surface area contributed by atoms with E-state index in [1.807, 2.05) is 0 Å². The first kappa shape index (κ1) is 13.8. The van der Waals surface area contributed by atoms with Gasteiger partial charge in [-0.3, -0.25) is 4.79 Å². The molecular formula is C14H19FN2O2. The van der Waals surface area contributed by atoms with Gasteiger partial charge in [-0.15, -0.1) is 0 Å². The molecule has 0 saturated heterocycles. The molecule has 1 saturated carbocycles. The largest absolute Gasteiger partial charge is 0.496 e. The molecule has 104 valence electrons. The van der Waals surface area contributed by atoms with E-state index in [-0.39, 0.29) is 30.6 Å². The third-order valence-corrected chi connectivity index (χ3v) is 3.29. The Morgan fingerprint density at radius 3 is 2.89 bits per heavy atom. The SMILES string of the molecule is COc1ccc(F)cc1C(CN)CC(=O)NC1CC1. The van der Waals surface area contributed by atoms with Gasteiger partial charge in [0, 0.05) is 23.9 Å². The van der Waals surface area contributed by atoms with Crippen LogP contribution >= 0.6 is 0 Å². The fraction of sp³-hybridized carbons (Fsp3) is 0.500. The van der Waals surface area contributed by atoms with E-state index in [4.69, 9.17) is 10.5 Å². The Hall–Kier alpha value is -1.62. The van der Waals surface area contributed by atoms with E-state index in [0.717, 1.165) is 12.8 Å². The van der Waals surface area contributed by atoms with Crippen LogP contribution in [0.15, 0.2) is 18.2 Å². The van der Waals surface area contributed by atoms with Gasteiger partial charge in [-0.2, -0.15) is 0 Å². The quantitative estimate of drug-likeness (QED) is 0.821. The third-order valence-electron chi connectivity index (χ3n) is 3.29. The first-order valence-corrected chi connectivity index (χ1v) is 6.47. The molecule has 0 aliphatic heterocycles. The molecule has 1 unspecified atom stereocenters. The van der Waals surface area contributed by atoms with Crippen molar-refractivity contribution in [2.75, 3.05) is 13.7 Å². The molecule has 0 radical (unpaired) electrons. The summed E-state index contributed by atoms with van der Waals surface area (Å²) >= 11 is 0. The summed E-state index contributed by atoms with van der Waals surface area (Å²) in [6.07, 6.45) is 2.34. The van der Waals surface area contributed by atoms with Crippen LogP contribution in [-0.2, 0) is 4.79 Å². The monoisotopic (exact) mass is 266 g/mol. The Labute approximate surface area is 112 Å². The van der Waals surface area contributed by atoms with Crippen molar-refractivity contribution >= 4 is 5.91 Å². The highest BCUT2D eigenvalue weighted by molar-refractivity contribution is 5.77. The second-order valence-corrected chi connectivity index (χ2v) is 4.86. The summed E-state index contributed by atoms with van der Waals surface area (Å²) in [5, 5.41) is 2.91. The maximum absolute atomic E-state index is 13.3. The summed E-state index contributed by atoms with van der Waals surface area (Å²) in [4.78, 5) is 11.8. The molecule has 1 aromatic rings. The second-order valence-electron chi connectivity index (χ2n) is 4.86. The number of halogens is 1. The lowest BCUT2D eigenvalue weighted by molar-refractivity contribution is -0.121. The summed E-state index contributed by atoms with van der Waals surface area (Å²) in [7, 11) is 1.52. The maximum Gasteiger partial charge on any atom is 0.220 e. The summed E-state index contributed by atoms with van der Waals surface area (Å²) in [6, 6.07) is 4.60. The highest BCUT2D eigenvalue weighted by Gasteiger charge is 2.25. The first-order chi connectivity index (χ1) is 9.13.